The number of rotatable bonds is 3. The fraction of sp³-hybridized carbons (Fsp3) is 0.467. The van der Waals surface area contributed by atoms with E-state index in [1.54, 1.807) is 24.3 Å². The molecule has 2 aliphatic heterocycles. The van der Waals surface area contributed by atoms with E-state index in [0.29, 0.717) is 18.7 Å². The number of sulfone groups is 1. The van der Waals surface area contributed by atoms with Gasteiger partial charge in [-0.25, -0.2) is 26.5 Å². The second kappa shape index (κ2) is 10.4. The first-order valence-electron chi connectivity index (χ1n) is 13.6. The summed E-state index contributed by atoms with van der Waals surface area (Å²) in [5.74, 6) is 0.503. The maximum Gasteiger partial charge on any atom is 0.264 e. The lowest BCUT2D eigenvalue weighted by molar-refractivity contribution is 0.112. The van der Waals surface area contributed by atoms with Gasteiger partial charge in [0.2, 0.25) is 11.8 Å². The summed E-state index contributed by atoms with van der Waals surface area (Å²) in [6.07, 6.45) is 1.37. The molecule has 5 rings (SSSR count). The van der Waals surface area contributed by atoms with Crippen molar-refractivity contribution in [2.45, 2.75) is 52.4 Å². The number of ether oxygens (including phenoxy) is 1. The van der Waals surface area contributed by atoms with Gasteiger partial charge in [0.15, 0.2) is 9.84 Å². The van der Waals surface area contributed by atoms with E-state index in [1.807, 2.05) is 38.1 Å². The standard InChI is InChI=1S/C30H37N3O5S2/c1-19-8-6-9-20(2)28(19)26-14-27-32-29(31-26)33-40(36,37)24-11-7-10-21(12-24)13-25(23-17-39(34,35)18-23)22(16-38-27)15-30(3,4)5/h6-12,14,22-23,25H,13,15-18H2,1-5H3,(H,31,32,33)/t22-,25?/m1/s1. The van der Waals surface area contributed by atoms with Gasteiger partial charge in [-0.1, -0.05) is 51.1 Å². The van der Waals surface area contributed by atoms with E-state index >= 15 is 0 Å². The molecule has 0 amide bonds. The first kappa shape index (κ1) is 28.5. The number of benzene rings is 2. The molecule has 1 N–H and O–H groups in total. The molecule has 40 heavy (non-hydrogen) atoms. The van der Waals surface area contributed by atoms with Crippen LogP contribution in [0.25, 0.3) is 11.3 Å². The Morgan fingerprint density at radius 2 is 1.62 bits per heavy atom. The summed E-state index contributed by atoms with van der Waals surface area (Å²) in [6, 6.07) is 14.6. The predicted molar refractivity (Wildman–Crippen MR) is 157 cm³/mol. The summed E-state index contributed by atoms with van der Waals surface area (Å²) in [6.45, 7) is 10.8. The minimum atomic E-state index is -3.99. The maximum atomic E-state index is 13.5. The molecular weight excluding hydrogens is 546 g/mol. The van der Waals surface area contributed by atoms with Crippen LogP contribution in [0.15, 0.2) is 53.4 Å². The molecule has 1 fully saturated rings. The number of aryl methyl sites for hydroxylation is 2. The third-order valence-electron chi connectivity index (χ3n) is 7.81. The van der Waals surface area contributed by atoms with Crippen molar-refractivity contribution >= 4 is 25.8 Å². The monoisotopic (exact) mass is 583 g/mol. The number of anilines is 1. The molecule has 2 aromatic carbocycles. The highest BCUT2D eigenvalue weighted by Gasteiger charge is 2.43. The Morgan fingerprint density at radius 3 is 2.27 bits per heavy atom. The fourth-order valence-corrected chi connectivity index (χ4v) is 8.78. The topological polar surface area (TPSA) is 115 Å². The number of aromatic nitrogens is 2. The smallest absolute Gasteiger partial charge is 0.264 e. The van der Waals surface area contributed by atoms with Crippen molar-refractivity contribution in [1.82, 2.24) is 9.97 Å². The van der Waals surface area contributed by atoms with E-state index in [4.69, 9.17) is 4.74 Å². The Labute approximate surface area is 237 Å². The zero-order valence-corrected chi connectivity index (χ0v) is 25.3. The summed E-state index contributed by atoms with van der Waals surface area (Å²) < 4.78 is 60.3. The Hall–Kier alpha value is -2.98. The van der Waals surface area contributed by atoms with E-state index in [1.165, 1.54) is 0 Å². The largest absolute Gasteiger partial charge is 0.477 e. The number of nitrogens with zero attached hydrogens (tertiary/aromatic N) is 2. The molecule has 8 nitrogen and oxygen atoms in total. The van der Waals surface area contributed by atoms with Crippen LogP contribution >= 0.6 is 0 Å². The Morgan fingerprint density at radius 1 is 0.950 bits per heavy atom. The van der Waals surface area contributed by atoms with Gasteiger partial charge in [0.05, 0.1) is 28.7 Å². The quantitative estimate of drug-likeness (QED) is 0.450. The molecule has 1 saturated heterocycles. The van der Waals surface area contributed by atoms with Crippen LogP contribution in [0.5, 0.6) is 5.88 Å². The molecule has 1 aromatic heterocycles. The molecule has 2 aliphatic rings. The lowest BCUT2D eigenvalue weighted by Gasteiger charge is -2.40. The van der Waals surface area contributed by atoms with Crippen LogP contribution in [-0.4, -0.2) is 44.9 Å². The molecule has 214 valence electrons. The van der Waals surface area contributed by atoms with Crippen LogP contribution in [-0.2, 0) is 26.3 Å². The number of sulfonamides is 1. The van der Waals surface area contributed by atoms with Gasteiger partial charge in [0.1, 0.15) is 0 Å². The summed E-state index contributed by atoms with van der Waals surface area (Å²) in [4.78, 5) is 9.16. The van der Waals surface area contributed by atoms with Gasteiger partial charge in [0, 0.05) is 11.6 Å². The van der Waals surface area contributed by atoms with Gasteiger partial charge in [-0.05, 0) is 78.7 Å². The average molecular weight is 584 g/mol. The molecule has 4 bridgehead atoms. The molecule has 3 heterocycles. The number of nitrogens with one attached hydrogen (secondary N) is 1. The highest BCUT2D eigenvalue weighted by atomic mass is 32.2. The van der Waals surface area contributed by atoms with Crippen LogP contribution in [0.2, 0.25) is 0 Å². The van der Waals surface area contributed by atoms with Crippen LogP contribution in [0.3, 0.4) is 0 Å². The molecule has 10 heteroatoms. The molecule has 0 spiro atoms. The second-order valence-electron chi connectivity index (χ2n) is 12.5. The van der Waals surface area contributed by atoms with Crippen LogP contribution in [0, 0.1) is 37.0 Å². The van der Waals surface area contributed by atoms with Crippen LogP contribution < -0.4 is 9.46 Å². The van der Waals surface area contributed by atoms with Crippen molar-refractivity contribution in [2.75, 3.05) is 22.8 Å². The highest BCUT2D eigenvalue weighted by molar-refractivity contribution is 7.93. The third kappa shape index (κ3) is 6.33. The van der Waals surface area contributed by atoms with Gasteiger partial charge in [-0.3, -0.25) is 0 Å². The first-order chi connectivity index (χ1) is 18.7. The third-order valence-corrected chi connectivity index (χ3v) is 11.0. The molecule has 0 aliphatic carbocycles. The fourth-order valence-electron chi connectivity index (χ4n) is 6.06. The Kier molecular flexibility index (Phi) is 7.46. The SMILES string of the molecule is Cc1cccc(C)c1-c1cc2nc(n1)NS(=O)(=O)c1cccc(c1)CC(C1CS(=O)(=O)C1)[C@H](CC(C)(C)C)CO2. The summed E-state index contributed by atoms with van der Waals surface area (Å²) in [7, 11) is -7.04. The highest BCUT2D eigenvalue weighted by Crippen LogP contribution is 2.40. The van der Waals surface area contributed by atoms with E-state index in [0.717, 1.165) is 28.7 Å². The van der Waals surface area contributed by atoms with Gasteiger partial charge in [-0.2, -0.15) is 4.98 Å². The van der Waals surface area contributed by atoms with Gasteiger partial charge in [-0.15, -0.1) is 0 Å². The van der Waals surface area contributed by atoms with Gasteiger partial charge < -0.3 is 4.74 Å². The van der Waals surface area contributed by atoms with E-state index < -0.39 is 19.9 Å². The van der Waals surface area contributed by atoms with E-state index in [2.05, 4.69) is 35.5 Å². The van der Waals surface area contributed by atoms with E-state index in [-0.39, 0.29) is 51.4 Å². The van der Waals surface area contributed by atoms with Crippen LogP contribution in [0.1, 0.15) is 43.9 Å². The van der Waals surface area contributed by atoms with Crippen molar-refractivity contribution < 1.29 is 21.6 Å². The van der Waals surface area contributed by atoms with Crippen molar-refractivity contribution in [3.63, 3.8) is 0 Å². The maximum absolute atomic E-state index is 13.5. The zero-order valence-electron chi connectivity index (χ0n) is 23.6. The molecule has 1 unspecified atom stereocenters. The second-order valence-corrected chi connectivity index (χ2v) is 16.3. The summed E-state index contributed by atoms with van der Waals surface area (Å²) >= 11 is 0. The number of hydrogen-bond acceptors (Lipinski definition) is 7. The summed E-state index contributed by atoms with van der Waals surface area (Å²) in [5, 5.41) is 0. The van der Waals surface area contributed by atoms with Crippen LogP contribution in [0.4, 0.5) is 5.95 Å². The lowest BCUT2D eigenvalue weighted by Crippen LogP contribution is -2.46. The minimum absolute atomic E-state index is 0.00573. The van der Waals surface area contributed by atoms with Crippen molar-refractivity contribution in [2.24, 2.45) is 23.2 Å². The lowest BCUT2D eigenvalue weighted by atomic mass is 9.72. The predicted octanol–water partition coefficient (Wildman–Crippen LogP) is 5.21. The van der Waals surface area contributed by atoms with Crippen molar-refractivity contribution in [3.8, 4) is 17.1 Å². The minimum Gasteiger partial charge on any atom is -0.477 e. The summed E-state index contributed by atoms with van der Waals surface area (Å²) in [5.41, 5.74) is 4.28. The van der Waals surface area contributed by atoms with Crippen molar-refractivity contribution in [3.05, 3.63) is 65.2 Å². The zero-order chi connectivity index (χ0) is 28.9. The van der Waals surface area contributed by atoms with Gasteiger partial charge >= 0.3 is 0 Å². The normalized spacial score (nSPS) is 22.4. The molecular formula is C30H37N3O5S2. The van der Waals surface area contributed by atoms with E-state index in [9.17, 15) is 16.8 Å². The number of hydrogen-bond donors (Lipinski definition) is 1. The molecule has 2 atom stereocenters. The number of fused-ring (bicyclic) bond motifs is 4. The van der Waals surface area contributed by atoms with Gasteiger partial charge in [0.25, 0.3) is 10.0 Å². The Bertz CT molecular complexity index is 1610. The van der Waals surface area contributed by atoms with Crippen molar-refractivity contribution in [1.29, 1.82) is 0 Å². The molecule has 0 saturated carbocycles. The molecule has 3 aromatic rings. The molecule has 0 radical (unpaired) electrons. The average Bonchev–Trinajstić information content (AvgIpc) is 2.82. The first-order valence-corrected chi connectivity index (χ1v) is 16.9. The Balaban J connectivity index is 1.65.